The molecule has 1 aliphatic carbocycles. The zero-order valence-corrected chi connectivity index (χ0v) is 14.9. The van der Waals surface area contributed by atoms with Crippen LogP contribution in [0.3, 0.4) is 0 Å². The van der Waals surface area contributed by atoms with Crippen molar-refractivity contribution in [1.29, 1.82) is 10.5 Å². The number of amides is 1. The number of aryl methyl sites for hydroxylation is 2. The van der Waals surface area contributed by atoms with Crippen LogP contribution < -0.4 is 0 Å². The average Bonchev–Trinajstić information content (AvgIpc) is 2.90. The fourth-order valence-corrected chi connectivity index (χ4v) is 3.94. The molecule has 0 saturated carbocycles. The number of fused-ring (bicyclic) bond motifs is 1. The first-order valence-corrected chi connectivity index (χ1v) is 9.27. The third kappa shape index (κ3) is 5.58. The minimum Gasteiger partial charge on any atom is -0.451 e. The van der Waals surface area contributed by atoms with Crippen LogP contribution >= 0.6 is 11.3 Å². The fraction of sp³-hybridized carbons (Fsp3) is 0.556. The van der Waals surface area contributed by atoms with E-state index in [1.54, 1.807) is 0 Å². The lowest BCUT2D eigenvalue weighted by molar-refractivity contribution is -0.134. The van der Waals surface area contributed by atoms with E-state index in [2.05, 4.69) is 0 Å². The molecule has 7 heteroatoms. The van der Waals surface area contributed by atoms with Gasteiger partial charge >= 0.3 is 5.97 Å². The lowest BCUT2D eigenvalue weighted by Gasteiger charge is -2.19. The van der Waals surface area contributed by atoms with Crippen molar-refractivity contribution in [3.05, 3.63) is 21.4 Å². The minimum absolute atomic E-state index is 0.183. The second-order valence-electron chi connectivity index (χ2n) is 5.89. The maximum absolute atomic E-state index is 12.2. The van der Waals surface area contributed by atoms with Crippen molar-refractivity contribution in [2.45, 2.75) is 44.9 Å². The summed E-state index contributed by atoms with van der Waals surface area (Å²) in [6, 6.07) is 5.83. The Morgan fingerprint density at radius 2 is 1.80 bits per heavy atom. The van der Waals surface area contributed by atoms with Crippen LogP contribution in [-0.4, -0.2) is 36.5 Å². The maximum atomic E-state index is 12.2. The topological polar surface area (TPSA) is 94.2 Å². The summed E-state index contributed by atoms with van der Waals surface area (Å²) in [6.07, 6.45) is 5.87. The molecule has 1 heterocycles. The molecule has 6 nitrogen and oxygen atoms in total. The SMILES string of the molecule is N#CCCN(CCC#N)C(=O)COC(=O)c1cc2c(s1)CCCCC2. The first-order chi connectivity index (χ1) is 12.2. The third-order valence-electron chi connectivity index (χ3n) is 4.11. The van der Waals surface area contributed by atoms with Crippen molar-refractivity contribution in [1.82, 2.24) is 4.90 Å². The molecular formula is C18H21N3O3S. The van der Waals surface area contributed by atoms with E-state index in [1.807, 2.05) is 18.2 Å². The van der Waals surface area contributed by atoms with Crippen LogP contribution in [0.2, 0.25) is 0 Å². The van der Waals surface area contributed by atoms with Gasteiger partial charge in [0, 0.05) is 18.0 Å². The van der Waals surface area contributed by atoms with Gasteiger partial charge in [-0.05, 0) is 37.3 Å². The Kier molecular flexibility index (Phi) is 7.43. The number of nitriles is 2. The second-order valence-corrected chi connectivity index (χ2v) is 7.03. The Morgan fingerprint density at radius 1 is 1.12 bits per heavy atom. The predicted octanol–water partition coefficient (Wildman–Crippen LogP) is 2.83. The minimum atomic E-state index is -0.480. The highest BCUT2D eigenvalue weighted by Gasteiger charge is 2.20. The Labute approximate surface area is 151 Å². The van der Waals surface area contributed by atoms with Crippen LogP contribution in [0.1, 0.15) is 52.2 Å². The van der Waals surface area contributed by atoms with Gasteiger partial charge in [-0.25, -0.2) is 4.79 Å². The number of carbonyl (C=O) groups is 2. The van der Waals surface area contributed by atoms with Gasteiger partial charge in [-0.2, -0.15) is 10.5 Å². The van der Waals surface area contributed by atoms with E-state index in [0.29, 0.717) is 4.88 Å². The molecule has 0 aromatic carbocycles. The predicted molar refractivity (Wildman–Crippen MR) is 92.9 cm³/mol. The zero-order chi connectivity index (χ0) is 18.1. The molecular weight excluding hydrogens is 338 g/mol. The number of thiophene rings is 1. The van der Waals surface area contributed by atoms with Gasteiger partial charge in [-0.3, -0.25) is 4.79 Å². The number of esters is 1. The van der Waals surface area contributed by atoms with Gasteiger partial charge in [-0.15, -0.1) is 11.3 Å². The molecule has 0 N–H and O–H groups in total. The van der Waals surface area contributed by atoms with Crippen molar-refractivity contribution in [3.63, 3.8) is 0 Å². The van der Waals surface area contributed by atoms with E-state index in [0.717, 1.165) is 25.7 Å². The van der Waals surface area contributed by atoms with Gasteiger partial charge in [0.1, 0.15) is 4.88 Å². The molecule has 0 unspecified atom stereocenters. The molecule has 0 atom stereocenters. The number of rotatable bonds is 7. The van der Waals surface area contributed by atoms with Crippen molar-refractivity contribution < 1.29 is 14.3 Å². The smallest absolute Gasteiger partial charge is 0.348 e. The molecule has 0 aliphatic heterocycles. The van der Waals surface area contributed by atoms with E-state index in [4.69, 9.17) is 15.3 Å². The van der Waals surface area contributed by atoms with Crippen LogP contribution in [0.4, 0.5) is 0 Å². The van der Waals surface area contributed by atoms with Crippen molar-refractivity contribution in [2.75, 3.05) is 19.7 Å². The highest BCUT2D eigenvalue weighted by atomic mass is 32.1. The molecule has 1 aliphatic rings. The molecule has 132 valence electrons. The van der Waals surface area contributed by atoms with E-state index < -0.39 is 5.97 Å². The largest absolute Gasteiger partial charge is 0.451 e. The van der Waals surface area contributed by atoms with Crippen molar-refractivity contribution in [2.24, 2.45) is 0 Å². The summed E-state index contributed by atoms with van der Waals surface area (Å²) in [6.45, 7) is 0.113. The standard InChI is InChI=1S/C18H21N3O3S/c19-8-4-10-21(11-5-9-20)17(22)13-24-18(23)16-12-14-6-2-1-3-7-15(14)25-16/h12H,1-7,10-11,13H2. The van der Waals surface area contributed by atoms with Crippen LogP contribution in [0.5, 0.6) is 0 Å². The van der Waals surface area contributed by atoms with Crippen LogP contribution in [0.25, 0.3) is 0 Å². The quantitative estimate of drug-likeness (QED) is 0.551. The van der Waals surface area contributed by atoms with Gasteiger partial charge in [0.2, 0.25) is 0 Å². The Hall–Kier alpha value is -2.38. The van der Waals surface area contributed by atoms with Crippen LogP contribution in [-0.2, 0) is 22.4 Å². The summed E-state index contributed by atoms with van der Waals surface area (Å²) in [7, 11) is 0. The van der Waals surface area contributed by atoms with E-state index in [1.165, 1.54) is 33.1 Å². The number of hydrogen-bond acceptors (Lipinski definition) is 6. The average molecular weight is 359 g/mol. The first-order valence-electron chi connectivity index (χ1n) is 8.46. The van der Waals surface area contributed by atoms with Crippen LogP contribution in [0, 0.1) is 22.7 Å². The van der Waals surface area contributed by atoms with Gasteiger partial charge in [0.25, 0.3) is 5.91 Å². The first kappa shape index (κ1) is 19.0. The highest BCUT2D eigenvalue weighted by Crippen LogP contribution is 2.29. The molecule has 1 amide bonds. The summed E-state index contributed by atoms with van der Waals surface area (Å²) in [5.41, 5.74) is 1.23. The number of hydrogen-bond donors (Lipinski definition) is 0. The van der Waals surface area contributed by atoms with E-state index in [9.17, 15) is 9.59 Å². The Balaban J connectivity index is 1.90. The molecule has 1 aromatic rings. The molecule has 1 aromatic heterocycles. The van der Waals surface area contributed by atoms with E-state index >= 15 is 0 Å². The number of nitrogens with zero attached hydrogens (tertiary/aromatic N) is 3. The second kappa shape index (κ2) is 9.80. The molecule has 0 bridgehead atoms. The molecule has 2 rings (SSSR count). The molecule has 25 heavy (non-hydrogen) atoms. The summed E-state index contributed by atoms with van der Waals surface area (Å²) in [4.78, 5) is 27.6. The summed E-state index contributed by atoms with van der Waals surface area (Å²) in [5, 5.41) is 17.3. The monoisotopic (exact) mass is 359 g/mol. The Bertz CT molecular complexity index is 658. The fourth-order valence-electron chi connectivity index (χ4n) is 2.79. The van der Waals surface area contributed by atoms with Crippen molar-refractivity contribution in [3.8, 4) is 12.1 Å². The van der Waals surface area contributed by atoms with Crippen molar-refractivity contribution >= 4 is 23.2 Å². The lowest BCUT2D eigenvalue weighted by atomic mass is 10.1. The van der Waals surface area contributed by atoms with Gasteiger partial charge in [0.05, 0.1) is 25.0 Å². The summed E-state index contributed by atoms with van der Waals surface area (Å²) >= 11 is 1.46. The van der Waals surface area contributed by atoms with Gasteiger partial charge < -0.3 is 9.64 Å². The summed E-state index contributed by atoms with van der Waals surface area (Å²) < 4.78 is 5.15. The molecule has 0 radical (unpaired) electrons. The third-order valence-corrected chi connectivity index (χ3v) is 5.33. The zero-order valence-electron chi connectivity index (χ0n) is 14.1. The summed E-state index contributed by atoms with van der Waals surface area (Å²) in [5.74, 6) is -0.857. The highest BCUT2D eigenvalue weighted by molar-refractivity contribution is 7.14. The lowest BCUT2D eigenvalue weighted by Crippen LogP contribution is -2.36. The number of ether oxygens (including phenoxy) is 1. The molecule has 0 fully saturated rings. The Morgan fingerprint density at radius 3 is 2.48 bits per heavy atom. The van der Waals surface area contributed by atoms with E-state index in [-0.39, 0.29) is 38.4 Å². The van der Waals surface area contributed by atoms with Gasteiger partial charge in [-0.1, -0.05) is 6.42 Å². The maximum Gasteiger partial charge on any atom is 0.348 e. The van der Waals surface area contributed by atoms with Gasteiger partial charge in [0.15, 0.2) is 6.61 Å². The normalized spacial score (nSPS) is 13.0. The van der Waals surface area contributed by atoms with Crippen LogP contribution in [0.15, 0.2) is 6.07 Å². The molecule has 0 spiro atoms. The molecule has 0 saturated heterocycles. The number of carbonyl (C=O) groups excluding carboxylic acids is 2.